The van der Waals surface area contributed by atoms with E-state index < -0.39 is 24.4 Å². The molecule has 124 valence electrons. The molecule has 5 nitrogen and oxygen atoms in total. The van der Waals surface area contributed by atoms with E-state index in [9.17, 15) is 15.3 Å². The molecule has 0 unspecified atom stereocenters. The molecule has 0 radical (unpaired) electrons. The van der Waals surface area contributed by atoms with E-state index in [0.29, 0.717) is 0 Å². The molecule has 21 heavy (non-hydrogen) atoms. The highest BCUT2D eigenvalue weighted by Gasteiger charge is 2.39. The molecule has 3 N–H and O–H groups in total. The lowest BCUT2D eigenvalue weighted by atomic mass is 10.1. The third kappa shape index (κ3) is 7.27. The van der Waals surface area contributed by atoms with Gasteiger partial charge in [-0.15, -0.1) is 0 Å². The number of allylic oxidation sites excluding steroid dienone is 1. The summed E-state index contributed by atoms with van der Waals surface area (Å²) in [6, 6.07) is 0. The van der Waals surface area contributed by atoms with E-state index in [1.165, 1.54) is 32.1 Å². The topological polar surface area (TPSA) is 79.2 Å². The Labute approximate surface area is 127 Å². The Kier molecular flexibility index (Phi) is 9.67. The Morgan fingerprint density at radius 3 is 2.57 bits per heavy atom. The minimum Gasteiger partial charge on any atom is -0.499 e. The standard InChI is InChI=1S/C16H30O5/c1-2-3-4-5-6-7-8-9-10-20-11-14(18)16-15(19)13(17)12-21-16/h9-10,13-19H,2-8,11-12H2,1H3/b10-9+/t13-,14+,15+,16+/m0/s1. The molecular weight excluding hydrogens is 272 g/mol. The van der Waals surface area contributed by atoms with Gasteiger partial charge in [-0.25, -0.2) is 0 Å². The predicted molar refractivity (Wildman–Crippen MR) is 80.8 cm³/mol. The van der Waals surface area contributed by atoms with E-state index in [-0.39, 0.29) is 13.2 Å². The molecule has 0 bridgehead atoms. The van der Waals surface area contributed by atoms with Crippen LogP contribution in [0.5, 0.6) is 0 Å². The Bertz CT molecular complexity index is 282. The minimum atomic E-state index is -1.05. The van der Waals surface area contributed by atoms with E-state index in [1.807, 2.05) is 6.08 Å². The molecule has 4 atom stereocenters. The molecule has 1 aliphatic rings. The lowest BCUT2D eigenvalue weighted by molar-refractivity contribution is -0.0703. The number of aliphatic hydroxyl groups excluding tert-OH is 3. The molecule has 1 fully saturated rings. The fraction of sp³-hybridized carbons (Fsp3) is 0.875. The van der Waals surface area contributed by atoms with Crippen LogP contribution in [-0.2, 0) is 9.47 Å². The lowest BCUT2D eigenvalue weighted by Gasteiger charge is -2.20. The zero-order valence-electron chi connectivity index (χ0n) is 13.0. The van der Waals surface area contributed by atoms with Gasteiger partial charge in [-0.3, -0.25) is 0 Å². The Hall–Kier alpha value is -0.620. The first-order valence-electron chi connectivity index (χ1n) is 8.09. The zero-order chi connectivity index (χ0) is 15.5. The first kappa shape index (κ1) is 18.4. The van der Waals surface area contributed by atoms with Crippen LogP contribution in [0.2, 0.25) is 0 Å². The van der Waals surface area contributed by atoms with E-state index in [2.05, 4.69) is 6.92 Å². The second-order valence-electron chi connectivity index (χ2n) is 5.68. The van der Waals surface area contributed by atoms with Gasteiger partial charge in [-0.2, -0.15) is 0 Å². The maximum atomic E-state index is 9.81. The summed E-state index contributed by atoms with van der Waals surface area (Å²) in [6.07, 6.45) is 8.44. The average Bonchev–Trinajstić information content (AvgIpc) is 2.81. The van der Waals surface area contributed by atoms with Crippen molar-refractivity contribution < 1.29 is 24.8 Å². The highest BCUT2D eigenvalue weighted by Crippen LogP contribution is 2.17. The Morgan fingerprint density at radius 2 is 1.90 bits per heavy atom. The number of ether oxygens (including phenoxy) is 2. The fourth-order valence-electron chi connectivity index (χ4n) is 2.39. The third-order valence-corrected chi connectivity index (χ3v) is 3.75. The highest BCUT2D eigenvalue weighted by molar-refractivity contribution is 4.88. The molecule has 0 amide bonds. The van der Waals surface area contributed by atoms with Gasteiger partial charge in [0.1, 0.15) is 31.0 Å². The molecule has 0 aliphatic carbocycles. The summed E-state index contributed by atoms with van der Waals surface area (Å²) in [5.74, 6) is 0. The summed E-state index contributed by atoms with van der Waals surface area (Å²) >= 11 is 0. The van der Waals surface area contributed by atoms with E-state index in [1.54, 1.807) is 6.26 Å². The van der Waals surface area contributed by atoms with Gasteiger partial charge in [0.15, 0.2) is 0 Å². The van der Waals surface area contributed by atoms with Crippen molar-refractivity contribution in [1.29, 1.82) is 0 Å². The second-order valence-corrected chi connectivity index (χ2v) is 5.68. The summed E-state index contributed by atoms with van der Waals surface area (Å²) in [6.45, 7) is 2.32. The first-order valence-corrected chi connectivity index (χ1v) is 8.09. The smallest absolute Gasteiger partial charge is 0.117 e. The number of hydrogen-bond acceptors (Lipinski definition) is 5. The largest absolute Gasteiger partial charge is 0.499 e. The van der Waals surface area contributed by atoms with Crippen LogP contribution in [0.15, 0.2) is 12.3 Å². The van der Waals surface area contributed by atoms with Crippen molar-refractivity contribution in [3.63, 3.8) is 0 Å². The molecule has 1 heterocycles. The minimum absolute atomic E-state index is 0.0523. The van der Waals surface area contributed by atoms with Crippen LogP contribution in [0.3, 0.4) is 0 Å². The van der Waals surface area contributed by atoms with Crippen molar-refractivity contribution in [2.24, 2.45) is 0 Å². The van der Waals surface area contributed by atoms with Gasteiger partial charge >= 0.3 is 0 Å². The summed E-state index contributed by atoms with van der Waals surface area (Å²) < 4.78 is 10.4. The zero-order valence-corrected chi connectivity index (χ0v) is 13.0. The van der Waals surface area contributed by atoms with Crippen molar-refractivity contribution in [2.75, 3.05) is 13.2 Å². The molecule has 0 spiro atoms. The van der Waals surface area contributed by atoms with Crippen molar-refractivity contribution in [3.8, 4) is 0 Å². The third-order valence-electron chi connectivity index (χ3n) is 3.75. The van der Waals surface area contributed by atoms with Gasteiger partial charge in [0.2, 0.25) is 0 Å². The summed E-state index contributed by atoms with van der Waals surface area (Å²) in [5, 5.41) is 28.7. The highest BCUT2D eigenvalue weighted by atomic mass is 16.5. The predicted octanol–water partition coefficient (Wildman–Crippen LogP) is 1.75. The van der Waals surface area contributed by atoms with Gasteiger partial charge in [0, 0.05) is 0 Å². The van der Waals surface area contributed by atoms with Gasteiger partial charge in [0.05, 0.1) is 12.9 Å². The molecule has 1 saturated heterocycles. The Morgan fingerprint density at radius 1 is 1.19 bits per heavy atom. The van der Waals surface area contributed by atoms with E-state index in [4.69, 9.17) is 9.47 Å². The van der Waals surface area contributed by atoms with Gasteiger partial charge in [-0.05, 0) is 18.9 Å². The van der Waals surface area contributed by atoms with Crippen LogP contribution in [0.25, 0.3) is 0 Å². The molecule has 0 aromatic carbocycles. The summed E-state index contributed by atoms with van der Waals surface area (Å²) in [7, 11) is 0. The normalized spacial score (nSPS) is 27.3. The van der Waals surface area contributed by atoms with Crippen LogP contribution in [0.4, 0.5) is 0 Å². The second kappa shape index (κ2) is 11.0. The van der Waals surface area contributed by atoms with Gasteiger partial charge in [-0.1, -0.05) is 39.0 Å². The van der Waals surface area contributed by atoms with E-state index in [0.717, 1.165) is 12.8 Å². The van der Waals surface area contributed by atoms with Crippen LogP contribution in [0, 0.1) is 0 Å². The van der Waals surface area contributed by atoms with Crippen LogP contribution < -0.4 is 0 Å². The maximum absolute atomic E-state index is 9.81. The first-order chi connectivity index (χ1) is 10.2. The monoisotopic (exact) mass is 302 g/mol. The Balaban J connectivity index is 1.99. The average molecular weight is 302 g/mol. The molecule has 0 saturated carbocycles. The molecule has 0 aromatic heterocycles. The number of hydrogen-bond donors (Lipinski definition) is 3. The molecule has 0 aromatic rings. The van der Waals surface area contributed by atoms with Gasteiger partial charge < -0.3 is 24.8 Å². The van der Waals surface area contributed by atoms with Crippen molar-refractivity contribution in [1.82, 2.24) is 0 Å². The number of aliphatic hydroxyl groups is 3. The van der Waals surface area contributed by atoms with Crippen LogP contribution in [-0.4, -0.2) is 52.9 Å². The lowest BCUT2D eigenvalue weighted by Crippen LogP contribution is -2.40. The molecule has 1 aliphatic heterocycles. The van der Waals surface area contributed by atoms with Gasteiger partial charge in [0.25, 0.3) is 0 Å². The van der Waals surface area contributed by atoms with E-state index >= 15 is 0 Å². The van der Waals surface area contributed by atoms with Crippen molar-refractivity contribution in [2.45, 2.75) is 76.3 Å². The number of unbranched alkanes of at least 4 members (excludes halogenated alkanes) is 6. The van der Waals surface area contributed by atoms with Crippen molar-refractivity contribution in [3.05, 3.63) is 12.3 Å². The summed E-state index contributed by atoms with van der Waals surface area (Å²) in [5.41, 5.74) is 0. The molecule has 1 rings (SSSR count). The van der Waals surface area contributed by atoms with Crippen molar-refractivity contribution >= 4 is 0 Å². The SMILES string of the molecule is CCCCCCCC/C=C/OC[C@@H](O)[C@H]1OC[C@H](O)[C@H]1O. The maximum Gasteiger partial charge on any atom is 0.117 e. The molecule has 5 heteroatoms. The fourth-order valence-corrected chi connectivity index (χ4v) is 2.39. The molecular formula is C16H30O5. The summed E-state index contributed by atoms with van der Waals surface area (Å²) in [4.78, 5) is 0. The number of rotatable bonds is 11. The van der Waals surface area contributed by atoms with Crippen LogP contribution >= 0.6 is 0 Å². The van der Waals surface area contributed by atoms with Crippen LogP contribution in [0.1, 0.15) is 51.9 Å². The quantitative estimate of drug-likeness (QED) is 0.400.